The number of hydrogen-bond acceptors (Lipinski definition) is 1. The molecule has 126 valence electrons. The predicted molar refractivity (Wildman–Crippen MR) is 101 cm³/mol. The van der Waals surface area contributed by atoms with Gasteiger partial charge in [0.15, 0.2) is 0 Å². The van der Waals surface area contributed by atoms with E-state index >= 15 is 0 Å². The first-order chi connectivity index (χ1) is 11.9. The highest BCUT2D eigenvalue weighted by Gasteiger charge is 2.20. The van der Waals surface area contributed by atoms with Crippen LogP contribution in [-0.2, 0) is 25.8 Å². The van der Waals surface area contributed by atoms with Crippen LogP contribution < -0.4 is 5.32 Å². The van der Waals surface area contributed by atoms with E-state index in [1.807, 2.05) is 0 Å². The molecule has 0 spiro atoms. The molecular formula is C23H29N. The molecule has 2 aromatic rings. The summed E-state index contributed by atoms with van der Waals surface area (Å²) in [7, 11) is 0. The molecule has 2 aromatic carbocycles. The Balaban J connectivity index is 1.20. The molecule has 1 N–H and O–H groups in total. The number of rotatable bonds is 7. The Bertz CT molecular complexity index is 646. The molecule has 0 amide bonds. The van der Waals surface area contributed by atoms with E-state index in [4.69, 9.17) is 0 Å². The quantitative estimate of drug-likeness (QED) is 0.714. The van der Waals surface area contributed by atoms with Crippen molar-refractivity contribution in [1.29, 1.82) is 0 Å². The summed E-state index contributed by atoms with van der Waals surface area (Å²) in [5, 5.41) is 3.66. The third-order valence-electron chi connectivity index (χ3n) is 5.93. The molecule has 2 aliphatic rings. The Morgan fingerprint density at radius 1 is 0.833 bits per heavy atom. The molecule has 0 heterocycles. The van der Waals surface area contributed by atoms with Crippen LogP contribution in [0.25, 0.3) is 0 Å². The van der Waals surface area contributed by atoms with E-state index < -0.39 is 0 Å². The summed E-state index contributed by atoms with van der Waals surface area (Å²) in [6.45, 7) is 2.14. The average Bonchev–Trinajstić information content (AvgIpc) is 2.98. The third kappa shape index (κ3) is 3.89. The zero-order chi connectivity index (χ0) is 16.2. The largest absolute Gasteiger partial charge is 0.313 e. The Kier molecular flexibility index (Phi) is 4.99. The summed E-state index contributed by atoms with van der Waals surface area (Å²) < 4.78 is 0. The van der Waals surface area contributed by atoms with E-state index in [1.54, 1.807) is 11.1 Å². The van der Waals surface area contributed by atoms with Crippen LogP contribution in [0.2, 0.25) is 0 Å². The summed E-state index contributed by atoms with van der Waals surface area (Å²) >= 11 is 0. The molecule has 24 heavy (non-hydrogen) atoms. The van der Waals surface area contributed by atoms with E-state index in [9.17, 15) is 0 Å². The van der Waals surface area contributed by atoms with Gasteiger partial charge in [-0.2, -0.15) is 0 Å². The van der Waals surface area contributed by atoms with Crippen LogP contribution >= 0.6 is 0 Å². The second kappa shape index (κ2) is 7.53. The maximum Gasteiger partial charge on any atom is 0.0205 e. The Morgan fingerprint density at radius 3 is 2.29 bits per heavy atom. The van der Waals surface area contributed by atoms with Gasteiger partial charge in [0.2, 0.25) is 0 Å². The van der Waals surface area contributed by atoms with Crippen molar-refractivity contribution in [2.24, 2.45) is 11.8 Å². The highest BCUT2D eigenvalue weighted by Crippen LogP contribution is 2.30. The van der Waals surface area contributed by atoms with Crippen molar-refractivity contribution < 1.29 is 0 Å². The van der Waals surface area contributed by atoms with Gasteiger partial charge < -0.3 is 5.32 Å². The first-order valence-corrected chi connectivity index (χ1v) is 9.72. The third-order valence-corrected chi connectivity index (χ3v) is 5.93. The van der Waals surface area contributed by atoms with Gasteiger partial charge in [-0.25, -0.2) is 0 Å². The van der Waals surface area contributed by atoms with E-state index in [0.29, 0.717) is 0 Å². The van der Waals surface area contributed by atoms with Gasteiger partial charge in [-0.05, 0) is 66.3 Å². The molecule has 1 nitrogen and oxygen atoms in total. The van der Waals surface area contributed by atoms with Gasteiger partial charge in [0.05, 0.1) is 0 Å². The Morgan fingerprint density at radius 2 is 1.58 bits per heavy atom. The van der Waals surface area contributed by atoms with Crippen LogP contribution in [0.5, 0.6) is 0 Å². The molecule has 0 aromatic heterocycles. The number of nitrogens with one attached hydrogen (secondary N) is 1. The zero-order valence-electron chi connectivity index (χ0n) is 14.6. The van der Waals surface area contributed by atoms with Crippen LogP contribution in [0.15, 0.2) is 48.5 Å². The summed E-state index contributed by atoms with van der Waals surface area (Å²) in [4.78, 5) is 0. The van der Waals surface area contributed by atoms with Crippen LogP contribution in [0.3, 0.4) is 0 Å². The smallest absolute Gasteiger partial charge is 0.0205 e. The lowest BCUT2D eigenvalue weighted by Gasteiger charge is -2.25. The Hall–Kier alpha value is -1.60. The van der Waals surface area contributed by atoms with Crippen LogP contribution in [-0.4, -0.2) is 6.54 Å². The second-order valence-corrected chi connectivity index (χ2v) is 7.83. The molecule has 1 saturated carbocycles. The summed E-state index contributed by atoms with van der Waals surface area (Å²) in [6.07, 6.45) is 9.43. The fourth-order valence-corrected chi connectivity index (χ4v) is 4.29. The molecular weight excluding hydrogens is 290 g/mol. The molecule has 0 atom stereocenters. The minimum atomic E-state index is 0.833. The molecule has 0 aliphatic heterocycles. The number of benzene rings is 2. The minimum absolute atomic E-state index is 0.833. The fourth-order valence-electron chi connectivity index (χ4n) is 4.29. The van der Waals surface area contributed by atoms with E-state index in [-0.39, 0.29) is 0 Å². The molecule has 1 fully saturated rings. The van der Waals surface area contributed by atoms with E-state index in [2.05, 4.69) is 53.8 Å². The Labute approximate surface area is 146 Å². The van der Waals surface area contributed by atoms with Crippen LogP contribution in [0, 0.1) is 11.8 Å². The first-order valence-electron chi connectivity index (χ1n) is 9.72. The maximum atomic E-state index is 3.66. The summed E-state index contributed by atoms with van der Waals surface area (Å²) in [5.74, 6) is 1.79. The summed E-state index contributed by atoms with van der Waals surface area (Å²) in [5.41, 5.74) is 6.13. The predicted octanol–water partition coefficient (Wildman–Crippen LogP) is 4.92. The lowest BCUT2D eigenvalue weighted by molar-refractivity contribution is 0.314. The molecule has 0 bridgehead atoms. The van der Waals surface area contributed by atoms with E-state index in [1.165, 1.54) is 56.1 Å². The van der Waals surface area contributed by atoms with Crippen molar-refractivity contribution in [1.82, 2.24) is 5.32 Å². The molecule has 1 heteroatoms. The fraction of sp³-hybridized carbons (Fsp3) is 0.478. The standard InChI is InChI=1S/C23H29N/c1-2-10-23-16-20(15-22(23)9-1)11-12-24-17-21-8-4-7-19(14-21)13-18-5-3-6-18/h1-2,4,7-10,14,18,20,24H,3,5-6,11-13,15-17H2. The number of fused-ring (bicyclic) bond motifs is 1. The SMILES string of the molecule is c1cc(CNCCC2Cc3ccccc3C2)cc(CC2CCC2)c1. The van der Waals surface area contributed by atoms with Crippen molar-refractivity contribution in [3.63, 3.8) is 0 Å². The minimum Gasteiger partial charge on any atom is -0.313 e. The van der Waals surface area contributed by atoms with Crippen LogP contribution in [0.4, 0.5) is 0 Å². The van der Waals surface area contributed by atoms with Crippen molar-refractivity contribution in [3.8, 4) is 0 Å². The van der Waals surface area contributed by atoms with Crippen molar-refractivity contribution in [3.05, 3.63) is 70.8 Å². The maximum absolute atomic E-state index is 3.66. The van der Waals surface area contributed by atoms with Crippen LogP contribution in [0.1, 0.15) is 47.9 Å². The second-order valence-electron chi connectivity index (χ2n) is 7.83. The average molecular weight is 319 g/mol. The van der Waals surface area contributed by atoms with Gasteiger partial charge in [-0.1, -0.05) is 67.8 Å². The molecule has 4 rings (SSSR count). The van der Waals surface area contributed by atoms with Gasteiger partial charge in [0.1, 0.15) is 0 Å². The molecule has 0 saturated heterocycles. The summed E-state index contributed by atoms with van der Waals surface area (Å²) in [6, 6.07) is 18.2. The van der Waals surface area contributed by atoms with Gasteiger partial charge >= 0.3 is 0 Å². The topological polar surface area (TPSA) is 12.0 Å². The monoisotopic (exact) mass is 319 g/mol. The van der Waals surface area contributed by atoms with Crippen molar-refractivity contribution in [2.45, 2.75) is 51.5 Å². The highest BCUT2D eigenvalue weighted by atomic mass is 14.8. The molecule has 0 unspecified atom stereocenters. The highest BCUT2D eigenvalue weighted by molar-refractivity contribution is 5.32. The normalized spacial score (nSPS) is 17.7. The molecule has 2 aliphatic carbocycles. The number of hydrogen-bond donors (Lipinski definition) is 1. The van der Waals surface area contributed by atoms with Gasteiger partial charge in [-0.3, -0.25) is 0 Å². The van der Waals surface area contributed by atoms with Gasteiger partial charge in [0, 0.05) is 6.54 Å². The lowest BCUT2D eigenvalue weighted by atomic mass is 9.81. The van der Waals surface area contributed by atoms with Crippen molar-refractivity contribution in [2.75, 3.05) is 6.54 Å². The van der Waals surface area contributed by atoms with E-state index in [0.717, 1.165) is 24.9 Å². The zero-order valence-corrected chi connectivity index (χ0v) is 14.6. The lowest BCUT2D eigenvalue weighted by Crippen LogP contribution is -2.18. The van der Waals surface area contributed by atoms with Crippen molar-refractivity contribution >= 4 is 0 Å². The van der Waals surface area contributed by atoms with Gasteiger partial charge in [-0.15, -0.1) is 0 Å². The first kappa shape index (κ1) is 15.9. The molecule has 0 radical (unpaired) electrons. The van der Waals surface area contributed by atoms with Gasteiger partial charge in [0.25, 0.3) is 0 Å².